The number of likely N-dealkylation sites (tertiary alicyclic amines) is 1. The highest BCUT2D eigenvalue weighted by Crippen LogP contribution is 2.40. The maximum absolute atomic E-state index is 10.4. The van der Waals surface area contributed by atoms with Crippen LogP contribution in [0.5, 0.6) is 5.75 Å². The van der Waals surface area contributed by atoms with Gasteiger partial charge in [0.25, 0.3) is 0 Å². The van der Waals surface area contributed by atoms with Crippen molar-refractivity contribution in [2.45, 2.75) is 45.6 Å². The summed E-state index contributed by atoms with van der Waals surface area (Å²) in [5, 5.41) is 10.4. The molecule has 1 aromatic carbocycles. The first-order chi connectivity index (χ1) is 12.4. The van der Waals surface area contributed by atoms with Gasteiger partial charge >= 0.3 is 0 Å². The second kappa shape index (κ2) is 7.68. The molecule has 3 N–H and O–H groups in total. The molecule has 0 saturated carbocycles. The number of hydrogen-bond acceptors (Lipinski definition) is 4. The molecule has 1 saturated heterocycles. The highest BCUT2D eigenvalue weighted by Gasteiger charge is 2.25. The highest BCUT2D eigenvalue weighted by atomic mass is 16.5. The minimum Gasteiger partial charge on any atom is -0.440 e. The van der Waals surface area contributed by atoms with Gasteiger partial charge in [0.1, 0.15) is 5.75 Å². The Bertz CT molecular complexity index is 748. The molecule has 0 bridgehead atoms. The summed E-state index contributed by atoms with van der Waals surface area (Å²) in [4.78, 5) is 2.51. The van der Waals surface area contributed by atoms with Crippen LogP contribution in [0, 0.1) is 0 Å². The molecule has 3 rings (SSSR count). The van der Waals surface area contributed by atoms with Crippen molar-refractivity contribution in [3.8, 4) is 5.75 Å². The molecule has 2 heterocycles. The van der Waals surface area contributed by atoms with Gasteiger partial charge in [-0.15, -0.1) is 0 Å². The Hall–Kier alpha value is -2.04. The third-order valence-electron chi connectivity index (χ3n) is 5.08. The minimum absolute atomic E-state index is 0.430. The Balaban J connectivity index is 1.96. The molecule has 1 fully saturated rings. The van der Waals surface area contributed by atoms with Gasteiger partial charge < -0.3 is 20.5 Å². The van der Waals surface area contributed by atoms with E-state index in [4.69, 9.17) is 10.5 Å². The van der Waals surface area contributed by atoms with Gasteiger partial charge in [-0.3, -0.25) is 0 Å². The van der Waals surface area contributed by atoms with Gasteiger partial charge in [0.15, 0.2) is 5.88 Å². The monoisotopic (exact) mass is 354 g/mol. The number of aliphatic hydroxyl groups is 1. The third-order valence-corrected chi connectivity index (χ3v) is 5.08. The highest BCUT2D eigenvalue weighted by molar-refractivity contribution is 5.87. The molecule has 0 spiro atoms. The minimum atomic E-state index is -0.900. The average molecular weight is 354 g/mol. The molecule has 0 radical (unpaired) electrons. The molecule has 0 aliphatic carbocycles. The zero-order chi connectivity index (χ0) is 18.7. The van der Waals surface area contributed by atoms with E-state index in [1.54, 1.807) is 13.8 Å². The molecular formula is C22H30N2O2. The number of allylic oxidation sites excluding steroid dienone is 4. The van der Waals surface area contributed by atoms with E-state index in [0.717, 1.165) is 41.0 Å². The first-order valence-electron chi connectivity index (χ1n) is 9.50. The van der Waals surface area contributed by atoms with Crippen molar-refractivity contribution in [3.05, 3.63) is 59.0 Å². The molecule has 0 aromatic heterocycles. The van der Waals surface area contributed by atoms with Crippen LogP contribution >= 0.6 is 0 Å². The fourth-order valence-corrected chi connectivity index (χ4v) is 3.62. The van der Waals surface area contributed by atoms with Crippen molar-refractivity contribution < 1.29 is 9.84 Å². The topological polar surface area (TPSA) is 58.7 Å². The van der Waals surface area contributed by atoms with Crippen molar-refractivity contribution >= 4 is 5.57 Å². The van der Waals surface area contributed by atoms with Crippen LogP contribution in [0.25, 0.3) is 5.57 Å². The van der Waals surface area contributed by atoms with Gasteiger partial charge in [-0.05, 0) is 76.4 Å². The number of rotatable bonds is 5. The molecule has 26 heavy (non-hydrogen) atoms. The summed E-state index contributed by atoms with van der Waals surface area (Å²) in [5.74, 6) is 1.18. The zero-order valence-electron chi connectivity index (χ0n) is 16.1. The SMILES string of the molecule is C/C=C\C1=C(N)Oc2ccc(C(C)(C)O)cc2/C1=C/CCN1CCCC1. The Labute approximate surface area is 156 Å². The van der Waals surface area contributed by atoms with Gasteiger partial charge in [0, 0.05) is 17.7 Å². The van der Waals surface area contributed by atoms with E-state index in [1.807, 2.05) is 37.3 Å². The lowest BCUT2D eigenvalue weighted by molar-refractivity contribution is 0.0785. The van der Waals surface area contributed by atoms with Crippen molar-refractivity contribution in [2.24, 2.45) is 5.73 Å². The third kappa shape index (κ3) is 4.02. The van der Waals surface area contributed by atoms with E-state index < -0.39 is 5.60 Å². The van der Waals surface area contributed by atoms with Crippen LogP contribution in [-0.4, -0.2) is 29.6 Å². The molecular weight excluding hydrogens is 324 g/mol. The number of nitrogens with two attached hydrogens (primary N) is 1. The smallest absolute Gasteiger partial charge is 0.198 e. The standard InChI is InChI=1S/C22H30N2O2/c1-4-8-18-17(9-7-14-24-12-5-6-13-24)19-15-16(22(2,3)25)10-11-20(19)26-21(18)23/h4,8-11,15,25H,5-7,12-14,23H2,1-3H3/b8-4-,17-9+. The molecule has 0 unspecified atom stereocenters. The van der Waals surface area contributed by atoms with Crippen LogP contribution in [0.1, 0.15) is 51.2 Å². The Morgan fingerprint density at radius 3 is 2.65 bits per heavy atom. The molecule has 2 aliphatic heterocycles. The summed E-state index contributed by atoms with van der Waals surface area (Å²) in [6.45, 7) is 9.04. The van der Waals surface area contributed by atoms with Crippen molar-refractivity contribution in [1.29, 1.82) is 0 Å². The number of benzene rings is 1. The van der Waals surface area contributed by atoms with Gasteiger partial charge in [-0.1, -0.05) is 24.3 Å². The molecule has 2 aliphatic rings. The molecule has 0 amide bonds. The molecule has 4 heteroatoms. The average Bonchev–Trinajstić information content (AvgIpc) is 3.09. The van der Waals surface area contributed by atoms with Gasteiger partial charge in [-0.2, -0.15) is 0 Å². The Morgan fingerprint density at radius 2 is 2.00 bits per heavy atom. The lowest BCUT2D eigenvalue weighted by Gasteiger charge is -2.26. The Morgan fingerprint density at radius 1 is 1.27 bits per heavy atom. The van der Waals surface area contributed by atoms with Crippen LogP contribution < -0.4 is 10.5 Å². The summed E-state index contributed by atoms with van der Waals surface area (Å²) in [6.07, 6.45) is 9.81. The molecule has 0 atom stereocenters. The van der Waals surface area contributed by atoms with E-state index >= 15 is 0 Å². The van der Waals surface area contributed by atoms with Crippen molar-refractivity contribution in [3.63, 3.8) is 0 Å². The van der Waals surface area contributed by atoms with Crippen molar-refractivity contribution in [1.82, 2.24) is 4.90 Å². The van der Waals surface area contributed by atoms with Gasteiger partial charge in [0.05, 0.1) is 5.60 Å². The second-order valence-corrected chi connectivity index (χ2v) is 7.61. The van der Waals surface area contributed by atoms with E-state index in [9.17, 15) is 5.11 Å². The molecule has 1 aromatic rings. The summed E-state index contributed by atoms with van der Waals surface area (Å²) in [5.41, 5.74) is 9.16. The van der Waals surface area contributed by atoms with E-state index in [-0.39, 0.29) is 0 Å². The normalized spacial score (nSPS) is 20.1. The molecule has 4 nitrogen and oxygen atoms in total. The first-order valence-corrected chi connectivity index (χ1v) is 9.50. The van der Waals surface area contributed by atoms with Crippen LogP contribution in [0.4, 0.5) is 0 Å². The maximum atomic E-state index is 10.4. The lowest BCUT2D eigenvalue weighted by Crippen LogP contribution is -2.20. The van der Waals surface area contributed by atoms with E-state index in [0.29, 0.717) is 5.88 Å². The number of hydrogen-bond donors (Lipinski definition) is 2. The fourth-order valence-electron chi connectivity index (χ4n) is 3.62. The number of ether oxygens (including phenoxy) is 1. The van der Waals surface area contributed by atoms with Gasteiger partial charge in [-0.25, -0.2) is 0 Å². The number of fused-ring (bicyclic) bond motifs is 1. The van der Waals surface area contributed by atoms with E-state index in [2.05, 4.69) is 11.0 Å². The van der Waals surface area contributed by atoms with Gasteiger partial charge in [0.2, 0.25) is 0 Å². The largest absolute Gasteiger partial charge is 0.440 e. The lowest BCUT2D eigenvalue weighted by atomic mass is 9.89. The second-order valence-electron chi connectivity index (χ2n) is 7.61. The van der Waals surface area contributed by atoms with Crippen molar-refractivity contribution in [2.75, 3.05) is 19.6 Å². The molecule has 140 valence electrons. The fraction of sp³-hybridized carbons (Fsp3) is 0.455. The summed E-state index contributed by atoms with van der Waals surface area (Å²) in [6, 6.07) is 5.82. The quantitative estimate of drug-likeness (QED) is 0.841. The zero-order valence-corrected chi connectivity index (χ0v) is 16.1. The summed E-state index contributed by atoms with van der Waals surface area (Å²) < 4.78 is 5.85. The predicted molar refractivity (Wildman–Crippen MR) is 107 cm³/mol. The van der Waals surface area contributed by atoms with Crippen LogP contribution in [0.2, 0.25) is 0 Å². The Kier molecular flexibility index (Phi) is 5.54. The predicted octanol–water partition coefficient (Wildman–Crippen LogP) is 3.92. The van der Waals surface area contributed by atoms with Crippen LogP contribution in [-0.2, 0) is 5.60 Å². The summed E-state index contributed by atoms with van der Waals surface area (Å²) in [7, 11) is 0. The first kappa shape index (κ1) is 18.7. The maximum Gasteiger partial charge on any atom is 0.198 e. The van der Waals surface area contributed by atoms with E-state index in [1.165, 1.54) is 25.9 Å². The van der Waals surface area contributed by atoms with Crippen LogP contribution in [0.3, 0.4) is 0 Å². The van der Waals surface area contributed by atoms with Crippen LogP contribution in [0.15, 0.2) is 47.9 Å². The number of nitrogens with zero attached hydrogens (tertiary/aromatic N) is 1. The summed E-state index contributed by atoms with van der Waals surface area (Å²) >= 11 is 0.